The van der Waals surface area contributed by atoms with Crippen LogP contribution in [0.25, 0.3) is 0 Å². The van der Waals surface area contributed by atoms with Gasteiger partial charge in [0.1, 0.15) is 0 Å². The number of rotatable bonds is 5. The second-order valence-corrected chi connectivity index (χ2v) is 6.99. The molecule has 0 spiro atoms. The van der Waals surface area contributed by atoms with Gasteiger partial charge in [0.25, 0.3) is 5.91 Å². The average molecular weight is 383 g/mol. The first-order chi connectivity index (χ1) is 11.4. The van der Waals surface area contributed by atoms with Crippen LogP contribution in [0.15, 0.2) is 47.4 Å². The zero-order chi connectivity index (χ0) is 17.7. The first-order valence-corrected chi connectivity index (χ1v) is 8.81. The minimum absolute atomic E-state index is 0.160. The Kier molecular flexibility index (Phi) is 6.54. The van der Waals surface area contributed by atoms with E-state index in [0.29, 0.717) is 21.3 Å². The van der Waals surface area contributed by atoms with Crippen LogP contribution in [0.4, 0.5) is 5.69 Å². The molecule has 0 aliphatic rings. The number of anilines is 1. The summed E-state index contributed by atoms with van der Waals surface area (Å²) in [6, 6.07) is 12.1. The SMILES string of the molecule is CN(C)C(=O)c1ccc(Cl)c(NC(=O)CSc2ccccc2Cl)c1. The Balaban J connectivity index is 2.04. The molecule has 2 aromatic carbocycles. The molecule has 4 nitrogen and oxygen atoms in total. The summed E-state index contributed by atoms with van der Waals surface area (Å²) in [6.45, 7) is 0. The van der Waals surface area contributed by atoms with Crippen molar-refractivity contribution in [3.05, 3.63) is 58.1 Å². The summed E-state index contributed by atoms with van der Waals surface area (Å²) in [7, 11) is 3.32. The van der Waals surface area contributed by atoms with Crippen molar-refractivity contribution in [2.24, 2.45) is 0 Å². The smallest absolute Gasteiger partial charge is 0.253 e. The lowest BCUT2D eigenvalue weighted by Gasteiger charge is -2.13. The highest BCUT2D eigenvalue weighted by Gasteiger charge is 2.13. The van der Waals surface area contributed by atoms with Crippen molar-refractivity contribution in [1.82, 2.24) is 4.90 Å². The highest BCUT2D eigenvalue weighted by molar-refractivity contribution is 8.00. The first-order valence-electron chi connectivity index (χ1n) is 7.07. The number of carbonyl (C=O) groups is 2. The molecule has 24 heavy (non-hydrogen) atoms. The Morgan fingerprint density at radius 1 is 1.08 bits per heavy atom. The molecule has 1 N–H and O–H groups in total. The highest BCUT2D eigenvalue weighted by atomic mass is 35.5. The van der Waals surface area contributed by atoms with Crippen LogP contribution >= 0.6 is 35.0 Å². The largest absolute Gasteiger partial charge is 0.345 e. The number of nitrogens with zero attached hydrogens (tertiary/aromatic N) is 1. The molecule has 0 aliphatic heterocycles. The quantitative estimate of drug-likeness (QED) is 0.778. The molecular formula is C17H16Cl2N2O2S. The molecule has 126 valence electrons. The number of halogens is 2. The van der Waals surface area contributed by atoms with Gasteiger partial charge in [-0.3, -0.25) is 9.59 Å². The second kappa shape index (κ2) is 8.42. The minimum atomic E-state index is -0.226. The summed E-state index contributed by atoms with van der Waals surface area (Å²) in [5, 5.41) is 3.71. The molecule has 2 rings (SSSR count). The third kappa shape index (κ3) is 4.90. The summed E-state index contributed by atoms with van der Waals surface area (Å²) in [5.41, 5.74) is 0.868. The topological polar surface area (TPSA) is 49.4 Å². The number of hydrogen-bond acceptors (Lipinski definition) is 3. The van der Waals surface area contributed by atoms with Gasteiger partial charge in [0, 0.05) is 24.6 Å². The van der Waals surface area contributed by atoms with Crippen molar-refractivity contribution in [2.45, 2.75) is 4.90 Å². The maximum absolute atomic E-state index is 12.1. The van der Waals surface area contributed by atoms with E-state index in [9.17, 15) is 9.59 Å². The summed E-state index contributed by atoms with van der Waals surface area (Å²) in [5.74, 6) is -0.199. The lowest BCUT2D eigenvalue weighted by atomic mass is 10.2. The van der Waals surface area contributed by atoms with E-state index in [1.165, 1.54) is 16.7 Å². The van der Waals surface area contributed by atoms with Crippen LogP contribution in [0.2, 0.25) is 10.0 Å². The maximum atomic E-state index is 12.1. The van der Waals surface area contributed by atoms with Crippen molar-refractivity contribution in [1.29, 1.82) is 0 Å². The van der Waals surface area contributed by atoms with E-state index in [2.05, 4.69) is 5.32 Å². The first kappa shape index (κ1) is 18.6. The summed E-state index contributed by atoms with van der Waals surface area (Å²) in [4.78, 5) is 26.4. The standard InChI is InChI=1S/C17H16Cl2N2O2S/c1-21(2)17(23)11-7-8-12(18)14(9-11)20-16(22)10-24-15-6-4-3-5-13(15)19/h3-9H,10H2,1-2H3,(H,20,22). The van der Waals surface area contributed by atoms with Crippen LogP contribution < -0.4 is 5.32 Å². The molecule has 2 aromatic rings. The van der Waals surface area contributed by atoms with Gasteiger partial charge in [-0.25, -0.2) is 0 Å². The zero-order valence-corrected chi connectivity index (χ0v) is 15.5. The molecule has 0 atom stereocenters. The van der Waals surface area contributed by atoms with Gasteiger partial charge in [-0.1, -0.05) is 35.3 Å². The fourth-order valence-corrected chi connectivity index (χ4v) is 3.11. The van der Waals surface area contributed by atoms with Gasteiger partial charge in [-0.2, -0.15) is 0 Å². The van der Waals surface area contributed by atoms with E-state index in [1.807, 2.05) is 18.2 Å². The van der Waals surface area contributed by atoms with Gasteiger partial charge < -0.3 is 10.2 Å². The summed E-state index contributed by atoms with van der Waals surface area (Å²) < 4.78 is 0. The van der Waals surface area contributed by atoms with E-state index in [0.717, 1.165) is 4.90 Å². The van der Waals surface area contributed by atoms with E-state index in [1.54, 1.807) is 38.4 Å². The minimum Gasteiger partial charge on any atom is -0.345 e. The lowest BCUT2D eigenvalue weighted by Crippen LogP contribution is -2.22. The third-order valence-electron chi connectivity index (χ3n) is 3.09. The van der Waals surface area contributed by atoms with E-state index in [4.69, 9.17) is 23.2 Å². The molecule has 0 fully saturated rings. The monoisotopic (exact) mass is 382 g/mol. The molecule has 0 radical (unpaired) electrons. The number of nitrogens with one attached hydrogen (secondary N) is 1. The molecule has 2 amide bonds. The number of hydrogen-bond donors (Lipinski definition) is 1. The van der Waals surface area contributed by atoms with Crippen molar-refractivity contribution >= 4 is 52.5 Å². The molecule has 0 saturated carbocycles. The Bertz CT molecular complexity index is 766. The molecule has 0 heterocycles. The van der Waals surface area contributed by atoms with Crippen molar-refractivity contribution in [2.75, 3.05) is 25.2 Å². The second-order valence-electron chi connectivity index (χ2n) is 5.16. The number of benzene rings is 2. The molecule has 0 saturated heterocycles. The van der Waals surface area contributed by atoms with Crippen molar-refractivity contribution in [3.63, 3.8) is 0 Å². The molecule has 0 aliphatic carbocycles. The Morgan fingerprint density at radius 3 is 2.46 bits per heavy atom. The van der Waals surface area contributed by atoms with Crippen LogP contribution in [-0.4, -0.2) is 36.6 Å². The van der Waals surface area contributed by atoms with Crippen LogP contribution in [-0.2, 0) is 4.79 Å². The summed E-state index contributed by atoms with van der Waals surface area (Å²) >= 11 is 13.5. The molecule has 0 bridgehead atoms. The maximum Gasteiger partial charge on any atom is 0.253 e. The van der Waals surface area contributed by atoms with Crippen LogP contribution in [0.5, 0.6) is 0 Å². The zero-order valence-electron chi connectivity index (χ0n) is 13.2. The third-order valence-corrected chi connectivity index (χ3v) is 4.93. The van der Waals surface area contributed by atoms with Crippen LogP contribution in [0.1, 0.15) is 10.4 Å². The lowest BCUT2D eigenvalue weighted by molar-refractivity contribution is -0.113. The van der Waals surface area contributed by atoms with Crippen LogP contribution in [0, 0.1) is 0 Å². The number of thioether (sulfide) groups is 1. The fourth-order valence-electron chi connectivity index (χ4n) is 1.90. The predicted molar refractivity (Wildman–Crippen MR) is 100 cm³/mol. The number of amides is 2. The average Bonchev–Trinajstić information content (AvgIpc) is 2.55. The number of carbonyl (C=O) groups excluding carboxylic acids is 2. The van der Waals surface area contributed by atoms with Crippen molar-refractivity contribution in [3.8, 4) is 0 Å². The summed E-state index contributed by atoms with van der Waals surface area (Å²) in [6.07, 6.45) is 0. The normalized spacial score (nSPS) is 10.3. The highest BCUT2D eigenvalue weighted by Crippen LogP contribution is 2.27. The molecule has 7 heteroatoms. The van der Waals surface area contributed by atoms with Crippen LogP contribution in [0.3, 0.4) is 0 Å². The molecule has 0 unspecified atom stereocenters. The Hall–Kier alpha value is -1.69. The Labute approximate surface area is 155 Å². The molecule has 0 aromatic heterocycles. The van der Waals surface area contributed by atoms with Gasteiger partial charge in [-0.05, 0) is 30.3 Å². The van der Waals surface area contributed by atoms with Gasteiger partial charge in [0.2, 0.25) is 5.91 Å². The van der Waals surface area contributed by atoms with Gasteiger partial charge in [0.05, 0.1) is 21.5 Å². The fraction of sp³-hybridized carbons (Fsp3) is 0.176. The van der Waals surface area contributed by atoms with Gasteiger partial charge >= 0.3 is 0 Å². The van der Waals surface area contributed by atoms with Gasteiger partial charge in [-0.15, -0.1) is 11.8 Å². The molecular weight excluding hydrogens is 367 g/mol. The van der Waals surface area contributed by atoms with E-state index < -0.39 is 0 Å². The predicted octanol–water partition coefficient (Wildman–Crippen LogP) is 4.43. The van der Waals surface area contributed by atoms with Gasteiger partial charge in [0.15, 0.2) is 0 Å². The Morgan fingerprint density at radius 2 is 1.79 bits per heavy atom. The van der Waals surface area contributed by atoms with E-state index in [-0.39, 0.29) is 17.6 Å². The van der Waals surface area contributed by atoms with Crippen molar-refractivity contribution < 1.29 is 9.59 Å². The van der Waals surface area contributed by atoms with E-state index >= 15 is 0 Å².